The van der Waals surface area contributed by atoms with Crippen molar-refractivity contribution in [3.63, 3.8) is 0 Å². The molecule has 0 aliphatic carbocycles. The molecule has 0 aliphatic heterocycles. The predicted octanol–water partition coefficient (Wildman–Crippen LogP) is 3.70. The quantitative estimate of drug-likeness (QED) is 0.605. The summed E-state index contributed by atoms with van der Waals surface area (Å²) in [5.41, 5.74) is 3.01. The number of carbonyl (C=O) groups excluding carboxylic acids is 1. The molecule has 0 fully saturated rings. The molecular formula is C11H12BrClO. The molecule has 0 heterocycles. The van der Waals surface area contributed by atoms with Crippen molar-refractivity contribution >= 4 is 33.3 Å². The van der Waals surface area contributed by atoms with Crippen molar-refractivity contribution in [3.05, 3.63) is 34.9 Å². The summed E-state index contributed by atoms with van der Waals surface area (Å²) in [6.07, 6.45) is 0.408. The second-order valence-electron chi connectivity index (χ2n) is 3.10. The number of rotatable bonds is 4. The first-order chi connectivity index (χ1) is 6.70. The number of hydrogen-bond acceptors (Lipinski definition) is 1. The molecule has 0 unspecified atom stereocenters. The molecule has 0 spiro atoms. The fourth-order valence-corrected chi connectivity index (χ4v) is 2.28. The first kappa shape index (κ1) is 11.7. The Morgan fingerprint density at radius 1 is 1.50 bits per heavy atom. The third kappa shape index (κ3) is 2.58. The molecule has 0 amide bonds. The van der Waals surface area contributed by atoms with E-state index in [2.05, 4.69) is 15.9 Å². The lowest BCUT2D eigenvalue weighted by Gasteiger charge is -2.08. The van der Waals surface area contributed by atoms with Gasteiger partial charge in [0.1, 0.15) is 0 Å². The molecule has 1 aromatic carbocycles. The van der Waals surface area contributed by atoms with Gasteiger partial charge in [0.25, 0.3) is 0 Å². The van der Waals surface area contributed by atoms with Gasteiger partial charge in [0.2, 0.25) is 0 Å². The highest BCUT2D eigenvalue weighted by Crippen LogP contribution is 2.19. The van der Waals surface area contributed by atoms with Gasteiger partial charge in [-0.15, -0.1) is 11.6 Å². The molecule has 0 saturated heterocycles. The Labute approximate surface area is 97.6 Å². The molecule has 0 radical (unpaired) electrons. The number of halogens is 2. The summed E-state index contributed by atoms with van der Waals surface area (Å²) < 4.78 is 0. The normalized spacial score (nSPS) is 10.2. The molecule has 3 heteroatoms. The average Bonchev–Trinajstić information content (AvgIpc) is 2.17. The molecule has 1 rings (SSSR count). The van der Waals surface area contributed by atoms with Crippen LogP contribution in [-0.4, -0.2) is 11.7 Å². The Morgan fingerprint density at radius 3 is 2.79 bits per heavy atom. The van der Waals surface area contributed by atoms with Crippen LogP contribution in [0.25, 0.3) is 0 Å². The van der Waals surface area contributed by atoms with Crippen molar-refractivity contribution in [2.45, 2.75) is 18.7 Å². The van der Waals surface area contributed by atoms with Gasteiger partial charge in [-0.2, -0.15) is 0 Å². The van der Waals surface area contributed by atoms with Crippen LogP contribution < -0.4 is 0 Å². The molecule has 0 bridgehead atoms. The standard InChI is InChI=1S/C11H12BrClO/c1-8-3-2-4-9(10(8)7-12)11(14)5-6-13/h2-4H,5-7H2,1H3. The van der Waals surface area contributed by atoms with Gasteiger partial charge in [0, 0.05) is 23.2 Å². The minimum atomic E-state index is 0.123. The van der Waals surface area contributed by atoms with Crippen LogP contribution in [-0.2, 0) is 5.33 Å². The van der Waals surface area contributed by atoms with Crippen LogP contribution in [0.3, 0.4) is 0 Å². The van der Waals surface area contributed by atoms with E-state index in [1.807, 2.05) is 25.1 Å². The highest BCUT2D eigenvalue weighted by molar-refractivity contribution is 9.08. The lowest BCUT2D eigenvalue weighted by atomic mass is 9.99. The minimum Gasteiger partial charge on any atom is -0.294 e. The van der Waals surface area contributed by atoms with Gasteiger partial charge < -0.3 is 0 Å². The van der Waals surface area contributed by atoms with Crippen molar-refractivity contribution in [2.24, 2.45) is 0 Å². The highest BCUT2D eigenvalue weighted by Gasteiger charge is 2.11. The van der Waals surface area contributed by atoms with Crippen molar-refractivity contribution < 1.29 is 4.79 Å². The second-order valence-corrected chi connectivity index (χ2v) is 4.04. The molecule has 14 heavy (non-hydrogen) atoms. The van der Waals surface area contributed by atoms with Crippen molar-refractivity contribution in [1.82, 2.24) is 0 Å². The third-order valence-electron chi connectivity index (χ3n) is 2.17. The molecule has 0 aliphatic rings. The van der Waals surface area contributed by atoms with E-state index in [0.29, 0.717) is 17.6 Å². The monoisotopic (exact) mass is 274 g/mol. The average molecular weight is 276 g/mol. The van der Waals surface area contributed by atoms with E-state index in [-0.39, 0.29) is 5.78 Å². The maximum absolute atomic E-state index is 11.7. The van der Waals surface area contributed by atoms with Crippen LogP contribution in [0.1, 0.15) is 27.9 Å². The lowest BCUT2D eigenvalue weighted by molar-refractivity contribution is 0.0988. The Hall–Kier alpha value is -0.340. The SMILES string of the molecule is Cc1cccc(C(=O)CCCl)c1CBr. The summed E-state index contributed by atoms with van der Waals surface area (Å²) in [6, 6.07) is 5.77. The van der Waals surface area contributed by atoms with Crippen LogP contribution in [0.15, 0.2) is 18.2 Å². The fraction of sp³-hybridized carbons (Fsp3) is 0.364. The number of carbonyl (C=O) groups is 1. The largest absolute Gasteiger partial charge is 0.294 e. The highest BCUT2D eigenvalue weighted by atomic mass is 79.9. The van der Waals surface area contributed by atoms with E-state index in [1.54, 1.807) is 0 Å². The second kappa shape index (κ2) is 5.52. The lowest BCUT2D eigenvalue weighted by Crippen LogP contribution is -2.04. The molecule has 0 aromatic heterocycles. The van der Waals surface area contributed by atoms with Gasteiger partial charge in [-0.05, 0) is 18.1 Å². The zero-order valence-corrected chi connectivity index (χ0v) is 10.4. The maximum Gasteiger partial charge on any atom is 0.164 e. The topological polar surface area (TPSA) is 17.1 Å². The number of ketones is 1. The Balaban J connectivity index is 3.07. The van der Waals surface area contributed by atoms with E-state index in [0.717, 1.165) is 16.7 Å². The molecule has 76 valence electrons. The molecule has 0 atom stereocenters. The van der Waals surface area contributed by atoms with Crippen LogP contribution in [0.4, 0.5) is 0 Å². The van der Waals surface area contributed by atoms with Crippen LogP contribution >= 0.6 is 27.5 Å². The summed E-state index contributed by atoms with van der Waals surface area (Å²) in [7, 11) is 0. The van der Waals surface area contributed by atoms with Gasteiger partial charge in [0.05, 0.1) is 0 Å². The van der Waals surface area contributed by atoms with Crippen LogP contribution in [0, 0.1) is 6.92 Å². The number of Topliss-reactive ketones (excluding diaryl/α,β-unsaturated/α-hetero) is 1. The number of aryl methyl sites for hydroxylation is 1. The molecule has 0 saturated carbocycles. The van der Waals surface area contributed by atoms with E-state index in [1.165, 1.54) is 0 Å². The number of hydrogen-bond donors (Lipinski definition) is 0. The Kier molecular flexibility index (Phi) is 4.63. The van der Waals surface area contributed by atoms with Crippen LogP contribution in [0.2, 0.25) is 0 Å². The smallest absolute Gasteiger partial charge is 0.164 e. The van der Waals surface area contributed by atoms with Gasteiger partial charge in [0.15, 0.2) is 5.78 Å². The van der Waals surface area contributed by atoms with E-state index < -0.39 is 0 Å². The minimum absolute atomic E-state index is 0.123. The van der Waals surface area contributed by atoms with E-state index >= 15 is 0 Å². The summed E-state index contributed by atoms with van der Waals surface area (Å²) >= 11 is 8.94. The van der Waals surface area contributed by atoms with Gasteiger partial charge >= 0.3 is 0 Å². The molecule has 1 nitrogen and oxygen atoms in total. The van der Waals surface area contributed by atoms with Gasteiger partial charge in [-0.25, -0.2) is 0 Å². The van der Waals surface area contributed by atoms with Gasteiger partial charge in [-0.3, -0.25) is 4.79 Å². The maximum atomic E-state index is 11.7. The zero-order chi connectivity index (χ0) is 10.6. The van der Waals surface area contributed by atoms with E-state index in [9.17, 15) is 4.79 Å². The van der Waals surface area contributed by atoms with Crippen molar-refractivity contribution in [1.29, 1.82) is 0 Å². The third-order valence-corrected chi connectivity index (χ3v) is 2.92. The van der Waals surface area contributed by atoms with Crippen molar-refractivity contribution in [3.8, 4) is 0 Å². The Bertz CT molecular complexity index is 336. The predicted molar refractivity (Wildman–Crippen MR) is 63.5 cm³/mol. The van der Waals surface area contributed by atoms with Gasteiger partial charge in [-0.1, -0.05) is 34.1 Å². The summed E-state index contributed by atoms with van der Waals surface area (Å²) in [4.78, 5) is 11.7. The molecule has 0 N–H and O–H groups in total. The Morgan fingerprint density at radius 2 is 2.21 bits per heavy atom. The van der Waals surface area contributed by atoms with Crippen LogP contribution in [0.5, 0.6) is 0 Å². The zero-order valence-electron chi connectivity index (χ0n) is 8.02. The fourth-order valence-electron chi connectivity index (χ4n) is 1.36. The summed E-state index contributed by atoms with van der Waals surface area (Å²) in [5.74, 6) is 0.507. The van der Waals surface area contributed by atoms with Crippen molar-refractivity contribution in [2.75, 3.05) is 5.88 Å². The molecular weight excluding hydrogens is 263 g/mol. The summed E-state index contributed by atoms with van der Waals surface area (Å²) in [5, 5.41) is 0.711. The first-order valence-electron chi connectivity index (χ1n) is 4.44. The summed E-state index contributed by atoms with van der Waals surface area (Å²) in [6.45, 7) is 2.01. The number of alkyl halides is 2. The first-order valence-corrected chi connectivity index (χ1v) is 6.10. The molecule has 1 aromatic rings. The number of benzene rings is 1. The van der Waals surface area contributed by atoms with E-state index in [4.69, 9.17) is 11.6 Å².